The fourth-order valence-electron chi connectivity index (χ4n) is 4.12. The minimum Gasteiger partial charge on any atom is -0.422 e. The van der Waals surface area contributed by atoms with E-state index < -0.39 is 28.9 Å². The molecule has 0 aromatic heterocycles. The molecule has 0 unspecified atom stereocenters. The number of allylic oxidation sites excluding steroid dienone is 5. The quantitative estimate of drug-likeness (QED) is 0.153. The first-order chi connectivity index (χ1) is 15.5. The summed E-state index contributed by atoms with van der Waals surface area (Å²) in [5.41, 5.74) is -1.38. The van der Waals surface area contributed by atoms with Gasteiger partial charge >= 0.3 is 11.9 Å². The summed E-state index contributed by atoms with van der Waals surface area (Å²) in [7, 11) is 0. The van der Waals surface area contributed by atoms with E-state index in [1.165, 1.54) is 0 Å². The smallest absolute Gasteiger partial charge is 0.327 e. The van der Waals surface area contributed by atoms with Crippen LogP contribution < -0.4 is 0 Å². The summed E-state index contributed by atoms with van der Waals surface area (Å²) in [6.45, 7) is 14.2. The zero-order chi connectivity index (χ0) is 24.6. The van der Waals surface area contributed by atoms with Gasteiger partial charge in [-0.25, -0.2) is 0 Å². The van der Waals surface area contributed by atoms with E-state index in [0.717, 1.165) is 32.1 Å². The molecule has 0 aliphatic carbocycles. The van der Waals surface area contributed by atoms with Gasteiger partial charge in [0.15, 0.2) is 11.2 Å². The molecule has 186 valence electrons. The van der Waals surface area contributed by atoms with E-state index in [1.54, 1.807) is 13.8 Å². The lowest BCUT2D eigenvalue weighted by Crippen LogP contribution is -2.53. The van der Waals surface area contributed by atoms with E-state index in [4.69, 9.17) is 18.9 Å². The van der Waals surface area contributed by atoms with E-state index in [2.05, 4.69) is 25.7 Å². The lowest BCUT2D eigenvalue weighted by atomic mass is 9.78. The van der Waals surface area contributed by atoms with Crippen LogP contribution in [0.5, 0.6) is 0 Å². The zero-order valence-corrected chi connectivity index (χ0v) is 21.1. The van der Waals surface area contributed by atoms with Crippen molar-refractivity contribution in [3.63, 3.8) is 0 Å². The molecule has 2 rings (SSSR count). The molecule has 0 aromatic rings. The van der Waals surface area contributed by atoms with E-state index in [-0.39, 0.29) is 5.41 Å². The van der Waals surface area contributed by atoms with Gasteiger partial charge in [0, 0.05) is 19.3 Å². The fraction of sp³-hybridized carbons (Fsp3) is 0.704. The van der Waals surface area contributed by atoms with Crippen molar-refractivity contribution in [3.8, 4) is 0 Å². The number of ether oxygens (including phenoxy) is 4. The van der Waals surface area contributed by atoms with E-state index >= 15 is 0 Å². The number of cyclic esters (lactones) is 2. The third-order valence-electron chi connectivity index (χ3n) is 6.27. The maximum absolute atomic E-state index is 12.9. The summed E-state index contributed by atoms with van der Waals surface area (Å²) >= 11 is 0. The van der Waals surface area contributed by atoms with Crippen LogP contribution >= 0.6 is 0 Å². The molecule has 2 aliphatic rings. The second kappa shape index (κ2) is 11.5. The van der Waals surface area contributed by atoms with Crippen LogP contribution in [0.25, 0.3) is 0 Å². The minimum absolute atomic E-state index is 0.109. The average Bonchev–Trinajstić information content (AvgIpc) is 2.73. The Balaban J connectivity index is 1.96. The molecular weight excluding hydrogens is 420 g/mol. The first-order valence-corrected chi connectivity index (χ1v) is 12.2. The van der Waals surface area contributed by atoms with Gasteiger partial charge in [-0.1, -0.05) is 43.7 Å². The predicted molar refractivity (Wildman–Crippen MR) is 128 cm³/mol. The van der Waals surface area contributed by atoms with Crippen molar-refractivity contribution in [2.24, 2.45) is 10.8 Å². The van der Waals surface area contributed by atoms with Crippen molar-refractivity contribution in [2.75, 3.05) is 13.2 Å². The molecule has 0 N–H and O–H groups in total. The Hall–Kier alpha value is -1.92. The Morgan fingerprint density at radius 1 is 0.818 bits per heavy atom. The Morgan fingerprint density at radius 2 is 1.39 bits per heavy atom. The van der Waals surface area contributed by atoms with Crippen LogP contribution in [0, 0.1) is 10.8 Å². The summed E-state index contributed by atoms with van der Waals surface area (Å²) in [5.74, 6) is -2.74. The van der Waals surface area contributed by atoms with Gasteiger partial charge in [-0.2, -0.15) is 0 Å². The van der Waals surface area contributed by atoms with E-state index in [9.17, 15) is 9.59 Å². The Bertz CT molecular complexity index is 716. The highest BCUT2D eigenvalue weighted by atomic mass is 16.7. The molecule has 0 spiro atoms. The van der Waals surface area contributed by atoms with Crippen LogP contribution in [0.3, 0.4) is 0 Å². The molecule has 0 aromatic carbocycles. The molecule has 2 saturated heterocycles. The lowest BCUT2D eigenvalue weighted by molar-refractivity contribution is -0.284. The first-order valence-electron chi connectivity index (χ1n) is 12.2. The normalized spacial score (nSPS) is 23.4. The van der Waals surface area contributed by atoms with Gasteiger partial charge < -0.3 is 18.9 Å². The van der Waals surface area contributed by atoms with Gasteiger partial charge in [-0.3, -0.25) is 9.59 Å². The maximum atomic E-state index is 12.9. The second-order valence-corrected chi connectivity index (χ2v) is 10.3. The second-order valence-electron chi connectivity index (χ2n) is 10.3. The number of unbranched alkanes of at least 4 members (excludes halogenated alkanes) is 2. The number of esters is 2. The molecule has 0 saturated carbocycles. The highest BCUT2D eigenvalue weighted by Crippen LogP contribution is 2.40. The summed E-state index contributed by atoms with van der Waals surface area (Å²) in [4.78, 5) is 25.8. The summed E-state index contributed by atoms with van der Waals surface area (Å²) < 4.78 is 22.7. The molecule has 0 atom stereocenters. The Labute approximate surface area is 199 Å². The summed E-state index contributed by atoms with van der Waals surface area (Å²) in [6, 6.07) is 0. The van der Waals surface area contributed by atoms with Crippen LogP contribution in [-0.2, 0) is 28.5 Å². The summed E-state index contributed by atoms with van der Waals surface area (Å²) in [5, 5.41) is 0. The van der Waals surface area contributed by atoms with E-state index in [0.29, 0.717) is 32.5 Å². The summed E-state index contributed by atoms with van der Waals surface area (Å²) in [6.07, 6.45) is 15.7. The Kier molecular flexibility index (Phi) is 9.50. The van der Waals surface area contributed by atoms with Crippen LogP contribution in [0.4, 0.5) is 0 Å². The lowest BCUT2D eigenvalue weighted by Gasteiger charge is -2.42. The monoisotopic (exact) mass is 462 g/mol. The standard InChI is InChI=1S/C27H42O6/c1-7-9-10-14-18-27(22(28)32-25(5,6)33-23(27)29)19-15-12-11-13-17-26(16-8-2)20-30-24(3,4)31-21-26/h8,10-11,13-14H,2,7,9,12,15-21H2,1,3-6H3/b13-11+,14-10+. The molecular formula is C27H42O6. The van der Waals surface area contributed by atoms with Gasteiger partial charge in [0.05, 0.1) is 13.2 Å². The van der Waals surface area contributed by atoms with Gasteiger partial charge in [-0.05, 0) is 58.8 Å². The van der Waals surface area contributed by atoms with Crippen molar-refractivity contribution in [1.29, 1.82) is 0 Å². The topological polar surface area (TPSA) is 71.1 Å². The maximum Gasteiger partial charge on any atom is 0.327 e. The zero-order valence-electron chi connectivity index (χ0n) is 21.1. The van der Waals surface area contributed by atoms with Crippen LogP contribution in [-0.4, -0.2) is 36.7 Å². The van der Waals surface area contributed by atoms with E-state index in [1.807, 2.05) is 32.1 Å². The van der Waals surface area contributed by atoms with Crippen LogP contribution in [0.1, 0.15) is 86.0 Å². The van der Waals surface area contributed by atoms with Gasteiger partial charge in [-0.15, -0.1) is 6.58 Å². The molecule has 2 heterocycles. The SMILES string of the molecule is C=CCC1(C/C=C/CCCC2(C/C=C/CCC)C(=O)OC(C)(C)OC2=O)COC(C)(C)OC1. The molecule has 33 heavy (non-hydrogen) atoms. The number of rotatable bonds is 12. The third-order valence-corrected chi connectivity index (χ3v) is 6.27. The number of carbonyl (C=O) groups is 2. The minimum atomic E-state index is -1.27. The van der Waals surface area contributed by atoms with Gasteiger partial charge in [0.2, 0.25) is 0 Å². The van der Waals surface area contributed by atoms with Crippen molar-refractivity contribution < 1.29 is 28.5 Å². The fourth-order valence-corrected chi connectivity index (χ4v) is 4.12. The average molecular weight is 463 g/mol. The third kappa shape index (κ3) is 7.54. The van der Waals surface area contributed by atoms with Crippen molar-refractivity contribution >= 4 is 11.9 Å². The van der Waals surface area contributed by atoms with Crippen LogP contribution in [0.2, 0.25) is 0 Å². The number of hydrogen-bond acceptors (Lipinski definition) is 6. The molecule has 0 bridgehead atoms. The molecule has 2 aliphatic heterocycles. The predicted octanol–water partition coefficient (Wildman–Crippen LogP) is 6.02. The number of hydrogen-bond donors (Lipinski definition) is 0. The molecule has 0 radical (unpaired) electrons. The van der Waals surface area contributed by atoms with Crippen molar-refractivity contribution in [1.82, 2.24) is 0 Å². The van der Waals surface area contributed by atoms with Crippen molar-refractivity contribution in [3.05, 3.63) is 37.0 Å². The first kappa shape index (κ1) is 27.3. The molecule has 6 heteroatoms. The highest BCUT2D eigenvalue weighted by Gasteiger charge is 2.54. The van der Waals surface area contributed by atoms with Crippen molar-refractivity contribution in [2.45, 2.75) is 97.6 Å². The highest BCUT2D eigenvalue weighted by molar-refractivity contribution is 6.01. The largest absolute Gasteiger partial charge is 0.422 e. The molecule has 0 amide bonds. The van der Waals surface area contributed by atoms with Gasteiger partial charge in [0.25, 0.3) is 5.79 Å². The number of carbonyl (C=O) groups excluding carboxylic acids is 2. The van der Waals surface area contributed by atoms with Crippen LogP contribution in [0.15, 0.2) is 37.0 Å². The molecule has 2 fully saturated rings. The Morgan fingerprint density at radius 3 is 1.97 bits per heavy atom. The molecule has 6 nitrogen and oxygen atoms in total. The van der Waals surface area contributed by atoms with Gasteiger partial charge in [0.1, 0.15) is 0 Å².